The van der Waals surface area contributed by atoms with E-state index in [4.69, 9.17) is 10.2 Å². The van der Waals surface area contributed by atoms with Crippen molar-refractivity contribution in [3.05, 3.63) is 41.6 Å². The fraction of sp³-hybridized carbons (Fsp3) is 0. The Labute approximate surface area is 90.0 Å². The highest BCUT2D eigenvalue weighted by molar-refractivity contribution is 5.94. The largest absolute Gasteiger partial charge is 0.478 e. The summed E-state index contributed by atoms with van der Waals surface area (Å²) in [4.78, 5) is 25.3. The summed E-state index contributed by atoms with van der Waals surface area (Å²) >= 11 is 0. The van der Waals surface area contributed by atoms with Crippen molar-refractivity contribution in [2.24, 2.45) is 0 Å². The Bertz CT molecular complexity index is 543. The topological polar surface area (TPSA) is 87.5 Å². The number of benzene rings is 1. The van der Waals surface area contributed by atoms with Crippen LogP contribution in [0.25, 0.3) is 10.9 Å². The summed E-state index contributed by atoms with van der Waals surface area (Å²) in [5, 5.41) is 18.2. The van der Waals surface area contributed by atoms with Gasteiger partial charge in [0.15, 0.2) is 0 Å². The SMILES string of the molecule is O=C(O)c1ccc2ccc(C(=O)O)nc2c1. The summed E-state index contributed by atoms with van der Waals surface area (Å²) in [6, 6.07) is 7.37. The fourth-order valence-corrected chi connectivity index (χ4v) is 1.37. The van der Waals surface area contributed by atoms with Crippen LogP contribution in [0.5, 0.6) is 0 Å². The quantitative estimate of drug-likeness (QED) is 0.798. The first kappa shape index (κ1) is 10.1. The van der Waals surface area contributed by atoms with Crippen LogP contribution >= 0.6 is 0 Å². The van der Waals surface area contributed by atoms with E-state index in [0.717, 1.165) is 0 Å². The van der Waals surface area contributed by atoms with Gasteiger partial charge >= 0.3 is 11.9 Å². The van der Waals surface area contributed by atoms with E-state index in [2.05, 4.69) is 4.98 Å². The number of pyridine rings is 1. The molecule has 1 heterocycles. The number of hydrogen-bond acceptors (Lipinski definition) is 3. The van der Waals surface area contributed by atoms with Gasteiger partial charge in [0.2, 0.25) is 0 Å². The number of carboxylic acids is 2. The molecule has 80 valence electrons. The van der Waals surface area contributed by atoms with Gasteiger partial charge in [-0.1, -0.05) is 12.1 Å². The Morgan fingerprint density at radius 1 is 1.00 bits per heavy atom. The van der Waals surface area contributed by atoms with Crippen molar-refractivity contribution in [1.29, 1.82) is 0 Å². The van der Waals surface area contributed by atoms with Crippen molar-refractivity contribution >= 4 is 22.8 Å². The molecule has 5 nitrogen and oxygen atoms in total. The number of carboxylic acid groups (broad SMARTS) is 2. The molecule has 2 rings (SSSR count). The van der Waals surface area contributed by atoms with Crippen LogP contribution in [0.3, 0.4) is 0 Å². The molecule has 0 fully saturated rings. The summed E-state index contributed by atoms with van der Waals surface area (Å²) in [5.74, 6) is -2.20. The van der Waals surface area contributed by atoms with Crippen LogP contribution in [0.4, 0.5) is 0 Å². The molecule has 2 N–H and O–H groups in total. The molecule has 16 heavy (non-hydrogen) atoms. The fourth-order valence-electron chi connectivity index (χ4n) is 1.37. The van der Waals surface area contributed by atoms with Crippen molar-refractivity contribution in [3.8, 4) is 0 Å². The van der Waals surface area contributed by atoms with E-state index in [0.29, 0.717) is 10.9 Å². The lowest BCUT2D eigenvalue weighted by Crippen LogP contribution is -2.01. The smallest absolute Gasteiger partial charge is 0.354 e. The zero-order valence-electron chi connectivity index (χ0n) is 8.04. The van der Waals surface area contributed by atoms with E-state index >= 15 is 0 Å². The van der Waals surface area contributed by atoms with Gasteiger partial charge in [0, 0.05) is 5.39 Å². The number of nitrogens with zero attached hydrogens (tertiary/aromatic N) is 1. The van der Waals surface area contributed by atoms with Crippen molar-refractivity contribution in [1.82, 2.24) is 4.98 Å². The van der Waals surface area contributed by atoms with Gasteiger partial charge in [0.05, 0.1) is 11.1 Å². The molecule has 5 heteroatoms. The molecule has 1 aromatic carbocycles. The molecule has 0 amide bonds. The molecule has 0 saturated carbocycles. The summed E-state index contributed by atoms with van der Waals surface area (Å²) in [6.45, 7) is 0. The van der Waals surface area contributed by atoms with Crippen LogP contribution in [0, 0.1) is 0 Å². The average Bonchev–Trinajstić information content (AvgIpc) is 2.27. The van der Waals surface area contributed by atoms with Crippen LogP contribution < -0.4 is 0 Å². The number of fused-ring (bicyclic) bond motifs is 1. The molecule has 0 bridgehead atoms. The molecule has 0 aliphatic rings. The van der Waals surface area contributed by atoms with Crippen LogP contribution in [0.1, 0.15) is 20.8 Å². The predicted octanol–water partition coefficient (Wildman–Crippen LogP) is 1.63. The van der Waals surface area contributed by atoms with Crippen molar-refractivity contribution in [3.63, 3.8) is 0 Å². The van der Waals surface area contributed by atoms with Crippen molar-refractivity contribution in [2.45, 2.75) is 0 Å². The lowest BCUT2D eigenvalue weighted by molar-refractivity contribution is 0.0683. The van der Waals surface area contributed by atoms with E-state index in [1.807, 2.05) is 0 Å². The second kappa shape index (κ2) is 3.62. The van der Waals surface area contributed by atoms with Gasteiger partial charge in [-0.15, -0.1) is 0 Å². The molecule has 1 aromatic heterocycles. The number of carbonyl (C=O) groups is 2. The molecule has 0 aliphatic heterocycles. The number of hydrogen-bond donors (Lipinski definition) is 2. The maximum atomic E-state index is 10.7. The van der Waals surface area contributed by atoms with E-state index in [1.165, 1.54) is 18.2 Å². The molecule has 0 aliphatic carbocycles. The van der Waals surface area contributed by atoms with E-state index in [-0.39, 0.29) is 11.3 Å². The number of aromatic carboxylic acids is 2. The maximum absolute atomic E-state index is 10.7. The molecule has 0 unspecified atom stereocenters. The van der Waals surface area contributed by atoms with Gasteiger partial charge in [0.1, 0.15) is 5.69 Å². The summed E-state index contributed by atoms with van der Waals surface area (Å²) in [7, 11) is 0. The third kappa shape index (κ3) is 1.70. The van der Waals surface area contributed by atoms with Crippen LogP contribution in [-0.2, 0) is 0 Å². The molecule has 0 saturated heterocycles. The standard InChI is InChI=1S/C11H7NO4/c13-10(14)7-2-1-6-3-4-8(11(15)16)12-9(6)5-7/h1-5H,(H,13,14)(H,15,16). The Morgan fingerprint density at radius 2 is 1.69 bits per heavy atom. The molecular weight excluding hydrogens is 210 g/mol. The van der Waals surface area contributed by atoms with E-state index in [1.54, 1.807) is 12.1 Å². The maximum Gasteiger partial charge on any atom is 0.354 e. The van der Waals surface area contributed by atoms with Gasteiger partial charge in [-0.2, -0.15) is 0 Å². The van der Waals surface area contributed by atoms with Gasteiger partial charge in [-0.3, -0.25) is 0 Å². The molecular formula is C11H7NO4. The predicted molar refractivity (Wildman–Crippen MR) is 55.7 cm³/mol. The molecule has 0 atom stereocenters. The number of rotatable bonds is 2. The lowest BCUT2D eigenvalue weighted by atomic mass is 10.1. The molecule has 2 aromatic rings. The van der Waals surface area contributed by atoms with Gasteiger partial charge in [0.25, 0.3) is 0 Å². The summed E-state index contributed by atoms with van der Waals surface area (Å²) < 4.78 is 0. The summed E-state index contributed by atoms with van der Waals surface area (Å²) in [5.41, 5.74) is 0.345. The minimum Gasteiger partial charge on any atom is -0.478 e. The van der Waals surface area contributed by atoms with Crippen molar-refractivity contribution < 1.29 is 19.8 Å². The third-order valence-electron chi connectivity index (χ3n) is 2.16. The molecule has 0 radical (unpaired) electrons. The first-order valence-electron chi connectivity index (χ1n) is 4.45. The van der Waals surface area contributed by atoms with E-state index < -0.39 is 11.9 Å². The van der Waals surface area contributed by atoms with Crippen LogP contribution in [-0.4, -0.2) is 27.1 Å². The average molecular weight is 217 g/mol. The molecule has 0 spiro atoms. The monoisotopic (exact) mass is 217 g/mol. The lowest BCUT2D eigenvalue weighted by Gasteiger charge is -2.00. The summed E-state index contributed by atoms with van der Waals surface area (Å²) in [6.07, 6.45) is 0. The first-order valence-corrected chi connectivity index (χ1v) is 4.45. The Balaban J connectivity index is 2.65. The second-order valence-electron chi connectivity index (χ2n) is 3.21. The number of aromatic nitrogens is 1. The Morgan fingerprint density at radius 3 is 2.31 bits per heavy atom. The first-order chi connectivity index (χ1) is 7.58. The van der Waals surface area contributed by atoms with Gasteiger partial charge in [-0.05, 0) is 18.2 Å². The van der Waals surface area contributed by atoms with E-state index in [9.17, 15) is 9.59 Å². The van der Waals surface area contributed by atoms with Crippen LogP contribution in [0.15, 0.2) is 30.3 Å². The Kier molecular flexibility index (Phi) is 2.28. The zero-order chi connectivity index (χ0) is 11.7. The minimum absolute atomic E-state index is 0.0857. The highest BCUT2D eigenvalue weighted by Gasteiger charge is 2.08. The van der Waals surface area contributed by atoms with Gasteiger partial charge < -0.3 is 10.2 Å². The highest BCUT2D eigenvalue weighted by atomic mass is 16.4. The zero-order valence-corrected chi connectivity index (χ0v) is 8.04. The Hall–Kier alpha value is -2.43. The highest BCUT2D eigenvalue weighted by Crippen LogP contribution is 2.15. The third-order valence-corrected chi connectivity index (χ3v) is 2.16. The normalized spacial score (nSPS) is 10.2. The second-order valence-corrected chi connectivity index (χ2v) is 3.21. The van der Waals surface area contributed by atoms with Gasteiger partial charge in [-0.25, -0.2) is 14.6 Å². The minimum atomic E-state index is -1.14. The van der Waals surface area contributed by atoms with Crippen molar-refractivity contribution in [2.75, 3.05) is 0 Å². The van der Waals surface area contributed by atoms with Crippen LogP contribution in [0.2, 0.25) is 0 Å².